The average molecular weight is 868 g/mol. The molecule has 0 radical (unpaired) electrons. The van der Waals surface area contributed by atoms with E-state index in [1.165, 1.54) is 0 Å². The largest absolute Gasteiger partial charge is 0.382 e. The second kappa shape index (κ2) is 30.7. The van der Waals surface area contributed by atoms with E-state index < -0.39 is 70.7 Å². The maximum Gasteiger partial charge on any atom is 0.274 e. The summed E-state index contributed by atoms with van der Waals surface area (Å²) in [5.74, 6) is -6.00. The molecule has 27 heteroatoms. The molecule has 0 saturated carbocycles. The number of carbonyl (C=O) groups is 5. The molecule has 1 aromatic rings. The van der Waals surface area contributed by atoms with Crippen LogP contribution in [0.3, 0.4) is 0 Å². The first-order valence-corrected chi connectivity index (χ1v) is 19.7. The number of carbonyl (C=O) groups excluding carboxylic acids is 5. The number of hydrogen-bond donors (Lipinski definition) is 17. The van der Waals surface area contributed by atoms with Crippen LogP contribution < -0.4 is 77.4 Å². The Kier molecular flexibility index (Phi) is 26.5. The standard InChI is InChI=1S/C34H65N19O8/c35-9-4-14-59-16-18-61-19-17-60-15-5-13-45-28(55)21(7-2-11-47-33(41)42)50-29(56)22(8-3-12-48-34(43)44)51-31(58)24-26(37)52-23(25(36)53-24)30(57)49-20(27(38)54)6-1-10-46-32(39)40/h20-22H,1-19,35H2,(H2,36,53)(H2,37,52)(H2,38,54)(H,45,55)(H,49,57)(H,50,56)(H,51,58)(H4,39,40,46)(H4,41,42,47)(H4,43,44,48)/t20-,21?,22-/m0/s1. The highest BCUT2D eigenvalue weighted by atomic mass is 16.5. The number of nitrogens with one attached hydrogen (secondary N) is 10. The van der Waals surface area contributed by atoms with Crippen molar-refractivity contribution >= 4 is 59.1 Å². The molecule has 1 aromatic heterocycles. The Morgan fingerprint density at radius 1 is 0.508 bits per heavy atom. The minimum atomic E-state index is -1.29. The van der Waals surface area contributed by atoms with Gasteiger partial charge in [0.05, 0.1) is 26.4 Å². The fourth-order valence-electron chi connectivity index (χ4n) is 5.17. The third-order valence-electron chi connectivity index (χ3n) is 8.24. The quantitative estimate of drug-likeness (QED) is 0.0178. The average Bonchev–Trinajstić information content (AvgIpc) is 3.19. The van der Waals surface area contributed by atoms with Gasteiger partial charge in [-0.1, -0.05) is 0 Å². The predicted octanol–water partition coefficient (Wildman–Crippen LogP) is -5.50. The van der Waals surface area contributed by atoms with E-state index in [0.29, 0.717) is 65.4 Å². The first kappa shape index (κ1) is 52.7. The van der Waals surface area contributed by atoms with Crippen LogP contribution in [0.1, 0.15) is 72.3 Å². The van der Waals surface area contributed by atoms with Crippen molar-refractivity contribution < 1.29 is 38.2 Å². The Balaban J connectivity index is 3.02. The van der Waals surface area contributed by atoms with Gasteiger partial charge in [-0.05, 0) is 57.9 Å². The summed E-state index contributed by atoms with van der Waals surface area (Å²) in [6, 6.07) is -3.53. The van der Waals surface area contributed by atoms with Crippen LogP contribution in [-0.4, -0.2) is 148 Å². The lowest BCUT2D eigenvalue weighted by atomic mass is 10.1. The van der Waals surface area contributed by atoms with Gasteiger partial charge in [0.2, 0.25) is 17.7 Å². The maximum atomic E-state index is 13.8. The topological polar surface area (TPSA) is 477 Å². The van der Waals surface area contributed by atoms with Gasteiger partial charge in [0.15, 0.2) is 40.9 Å². The Labute approximate surface area is 353 Å². The highest BCUT2D eigenvalue weighted by Gasteiger charge is 2.29. The third-order valence-corrected chi connectivity index (χ3v) is 8.24. The van der Waals surface area contributed by atoms with Crippen molar-refractivity contribution in [3.63, 3.8) is 0 Å². The highest BCUT2D eigenvalue weighted by molar-refractivity contribution is 6.03. The Morgan fingerprint density at radius 3 is 1.31 bits per heavy atom. The van der Waals surface area contributed by atoms with Crippen LogP contribution in [0.4, 0.5) is 11.6 Å². The van der Waals surface area contributed by atoms with Gasteiger partial charge in [0.1, 0.15) is 18.1 Å². The molecule has 5 amide bonds. The zero-order valence-electron chi connectivity index (χ0n) is 34.4. The van der Waals surface area contributed by atoms with Crippen LogP contribution in [0.2, 0.25) is 0 Å². The van der Waals surface area contributed by atoms with E-state index in [1.54, 1.807) is 0 Å². The van der Waals surface area contributed by atoms with Crippen molar-refractivity contribution in [2.24, 2.45) is 28.7 Å². The Morgan fingerprint density at radius 2 is 0.885 bits per heavy atom. The van der Waals surface area contributed by atoms with Crippen molar-refractivity contribution in [2.45, 2.75) is 69.5 Å². The smallest absolute Gasteiger partial charge is 0.274 e. The van der Waals surface area contributed by atoms with E-state index in [9.17, 15) is 24.0 Å². The predicted molar refractivity (Wildman–Crippen MR) is 226 cm³/mol. The zero-order valence-corrected chi connectivity index (χ0v) is 34.4. The molecule has 0 saturated heterocycles. The van der Waals surface area contributed by atoms with Crippen LogP contribution in [0.25, 0.3) is 0 Å². The van der Waals surface area contributed by atoms with Gasteiger partial charge in [-0.15, -0.1) is 0 Å². The van der Waals surface area contributed by atoms with E-state index in [1.807, 2.05) is 0 Å². The SMILES string of the molecule is N=C(N)NCCCC(NC(=O)[C@H](CCCNC(=N)N)NC(=O)c1nc(N)c(C(=O)N[C@@H](CCCNC(=N)N)C(N)=O)nc1N)C(=O)NCCCOCCOCCOCCCN. The van der Waals surface area contributed by atoms with E-state index in [2.05, 4.69) is 47.2 Å². The van der Waals surface area contributed by atoms with Crippen molar-refractivity contribution in [1.29, 1.82) is 16.2 Å². The van der Waals surface area contributed by atoms with Crippen molar-refractivity contribution in [1.82, 2.24) is 47.2 Å². The Hall–Kier alpha value is -6.32. The van der Waals surface area contributed by atoms with E-state index in [-0.39, 0.29) is 69.7 Å². The van der Waals surface area contributed by atoms with Crippen LogP contribution in [0.15, 0.2) is 0 Å². The van der Waals surface area contributed by atoms with Gasteiger partial charge in [-0.3, -0.25) is 40.2 Å². The normalized spacial score (nSPS) is 12.2. The monoisotopic (exact) mass is 868 g/mol. The molecular weight excluding hydrogens is 802 g/mol. The molecule has 0 aliphatic carbocycles. The lowest BCUT2D eigenvalue weighted by Gasteiger charge is -2.23. The molecule has 61 heavy (non-hydrogen) atoms. The summed E-state index contributed by atoms with van der Waals surface area (Å²) >= 11 is 0. The number of aromatic nitrogens is 2. The molecule has 0 aromatic carbocycles. The number of nitrogens with zero attached hydrogens (tertiary/aromatic N) is 2. The van der Waals surface area contributed by atoms with Gasteiger partial charge in [-0.2, -0.15) is 0 Å². The fraction of sp³-hybridized carbons (Fsp3) is 0.647. The molecule has 0 fully saturated rings. The number of rotatable bonds is 33. The van der Waals surface area contributed by atoms with Gasteiger partial charge in [0.25, 0.3) is 11.8 Å². The van der Waals surface area contributed by atoms with Crippen molar-refractivity contribution in [2.75, 3.05) is 83.8 Å². The molecule has 344 valence electrons. The molecule has 0 aliphatic heterocycles. The fourth-order valence-corrected chi connectivity index (χ4v) is 5.17. The van der Waals surface area contributed by atoms with Gasteiger partial charge < -0.3 is 91.6 Å². The zero-order chi connectivity index (χ0) is 45.6. The number of primary amides is 1. The second-order valence-corrected chi connectivity index (χ2v) is 13.3. The number of anilines is 2. The first-order valence-electron chi connectivity index (χ1n) is 19.7. The highest BCUT2D eigenvalue weighted by Crippen LogP contribution is 2.15. The van der Waals surface area contributed by atoms with Gasteiger partial charge >= 0.3 is 0 Å². The number of nitrogen functional groups attached to an aromatic ring is 2. The number of amides is 5. The van der Waals surface area contributed by atoms with Crippen LogP contribution in [0, 0.1) is 16.2 Å². The molecule has 3 atom stereocenters. The van der Waals surface area contributed by atoms with Gasteiger partial charge in [-0.25, -0.2) is 9.97 Å². The number of hydrogen-bond acceptors (Lipinski definition) is 16. The van der Waals surface area contributed by atoms with Crippen LogP contribution in [0.5, 0.6) is 0 Å². The van der Waals surface area contributed by atoms with Crippen molar-refractivity contribution in [3.05, 3.63) is 11.4 Å². The summed E-state index contributed by atoms with van der Waals surface area (Å²) in [5.41, 5.74) is 37.8. The van der Waals surface area contributed by atoms with Crippen LogP contribution >= 0.6 is 0 Å². The van der Waals surface area contributed by atoms with Crippen molar-refractivity contribution in [3.8, 4) is 0 Å². The molecule has 24 N–H and O–H groups in total. The molecule has 1 rings (SSSR count). The number of guanidine groups is 3. The summed E-state index contributed by atoms with van der Waals surface area (Å²) in [4.78, 5) is 73.5. The van der Waals surface area contributed by atoms with E-state index in [4.69, 9.17) is 70.6 Å². The molecule has 0 spiro atoms. The summed E-state index contributed by atoms with van der Waals surface area (Å²) in [6.07, 6.45) is 2.27. The number of ether oxygens (including phenoxy) is 3. The summed E-state index contributed by atoms with van der Waals surface area (Å²) in [5, 5.41) is 40.2. The molecule has 1 heterocycles. The van der Waals surface area contributed by atoms with Gasteiger partial charge in [0, 0.05) is 39.4 Å². The summed E-state index contributed by atoms with van der Waals surface area (Å²) < 4.78 is 16.4. The van der Waals surface area contributed by atoms with E-state index in [0.717, 1.165) is 6.42 Å². The summed E-state index contributed by atoms with van der Waals surface area (Å²) in [6.45, 7) is 3.91. The van der Waals surface area contributed by atoms with Crippen LogP contribution in [-0.2, 0) is 28.6 Å². The first-order chi connectivity index (χ1) is 29.1. The minimum absolute atomic E-state index is 0.0137. The van der Waals surface area contributed by atoms with E-state index >= 15 is 0 Å². The lowest BCUT2D eigenvalue weighted by molar-refractivity contribution is -0.130. The maximum absolute atomic E-state index is 13.8. The molecule has 0 bridgehead atoms. The minimum Gasteiger partial charge on any atom is -0.382 e. The molecule has 1 unspecified atom stereocenters. The Bertz CT molecular complexity index is 1590. The molecular formula is C34H65N19O8. The lowest BCUT2D eigenvalue weighted by Crippen LogP contribution is -2.54. The second-order valence-electron chi connectivity index (χ2n) is 13.3. The molecule has 27 nitrogen and oxygen atoms in total. The number of nitrogens with two attached hydrogens (primary N) is 7. The molecule has 0 aliphatic rings. The summed E-state index contributed by atoms with van der Waals surface area (Å²) in [7, 11) is 0. The third kappa shape index (κ3) is 23.8.